The SMILES string of the molecule is CCNC(=NCCCN1C(=O)C2C3C=CC(C3)C2C1=O)NCCOc1ccc(C)cc1. The van der Waals surface area contributed by atoms with Gasteiger partial charge in [-0.2, -0.15) is 0 Å². The van der Waals surface area contributed by atoms with Gasteiger partial charge in [0.25, 0.3) is 0 Å². The molecular formula is C24H32N4O3. The standard InChI is InChI=1S/C24H32N4O3/c1-3-25-24(27-12-14-31-19-9-5-16(2)6-10-19)26-11-4-13-28-22(29)20-17-7-8-18(15-17)21(20)23(28)30/h5-10,17-18,20-21H,3-4,11-15H2,1-2H3,(H2,25,26,27). The molecule has 1 aromatic rings. The van der Waals surface area contributed by atoms with Gasteiger partial charge < -0.3 is 15.4 Å². The number of allylic oxidation sites excluding steroid dienone is 2. The van der Waals surface area contributed by atoms with E-state index in [1.165, 1.54) is 10.5 Å². The molecule has 2 N–H and O–H groups in total. The molecule has 7 nitrogen and oxygen atoms in total. The van der Waals surface area contributed by atoms with E-state index in [0.717, 1.165) is 18.7 Å². The van der Waals surface area contributed by atoms with Gasteiger partial charge in [0.2, 0.25) is 11.8 Å². The maximum absolute atomic E-state index is 12.7. The number of hydrogen-bond donors (Lipinski definition) is 2. The van der Waals surface area contributed by atoms with E-state index in [9.17, 15) is 9.59 Å². The number of guanidine groups is 1. The molecule has 1 heterocycles. The van der Waals surface area contributed by atoms with Gasteiger partial charge in [-0.25, -0.2) is 0 Å². The molecule has 2 amide bonds. The molecule has 1 saturated heterocycles. The number of ether oxygens (including phenoxy) is 1. The molecule has 0 radical (unpaired) electrons. The summed E-state index contributed by atoms with van der Waals surface area (Å²) in [6.07, 6.45) is 5.88. The van der Waals surface area contributed by atoms with Crippen molar-refractivity contribution in [3.63, 3.8) is 0 Å². The minimum absolute atomic E-state index is 0.0223. The molecule has 0 aromatic heterocycles. The van der Waals surface area contributed by atoms with E-state index >= 15 is 0 Å². The number of nitrogens with zero attached hydrogens (tertiary/aromatic N) is 2. The maximum atomic E-state index is 12.7. The van der Waals surface area contributed by atoms with Gasteiger partial charge in [-0.1, -0.05) is 29.8 Å². The highest BCUT2D eigenvalue weighted by atomic mass is 16.5. The van der Waals surface area contributed by atoms with Gasteiger partial charge in [0, 0.05) is 19.6 Å². The lowest BCUT2D eigenvalue weighted by molar-refractivity contribution is -0.140. The third kappa shape index (κ3) is 4.60. The van der Waals surface area contributed by atoms with Crippen LogP contribution in [-0.2, 0) is 9.59 Å². The molecule has 2 bridgehead atoms. The van der Waals surface area contributed by atoms with Gasteiger partial charge in [0.15, 0.2) is 5.96 Å². The maximum Gasteiger partial charge on any atom is 0.233 e. The Morgan fingerprint density at radius 3 is 2.42 bits per heavy atom. The van der Waals surface area contributed by atoms with Gasteiger partial charge in [-0.3, -0.25) is 19.5 Å². The fourth-order valence-corrected chi connectivity index (χ4v) is 4.92. The Labute approximate surface area is 183 Å². The minimum atomic E-state index is -0.112. The monoisotopic (exact) mass is 424 g/mol. The minimum Gasteiger partial charge on any atom is -0.492 e. The van der Waals surface area contributed by atoms with Crippen LogP contribution in [0.2, 0.25) is 0 Å². The molecule has 2 aliphatic carbocycles. The number of benzene rings is 1. The summed E-state index contributed by atoms with van der Waals surface area (Å²) in [6, 6.07) is 7.98. The Morgan fingerprint density at radius 1 is 1.10 bits per heavy atom. The zero-order valence-electron chi connectivity index (χ0n) is 18.3. The van der Waals surface area contributed by atoms with E-state index in [2.05, 4.69) is 27.8 Å². The summed E-state index contributed by atoms with van der Waals surface area (Å²) >= 11 is 0. The molecule has 1 aromatic carbocycles. The fraction of sp³-hybridized carbons (Fsp3) is 0.542. The second-order valence-electron chi connectivity index (χ2n) is 8.53. The Bertz CT molecular complexity index is 834. The number of fused-ring (bicyclic) bond motifs is 5. The number of likely N-dealkylation sites (tertiary alicyclic amines) is 1. The Morgan fingerprint density at radius 2 is 1.77 bits per heavy atom. The van der Waals surface area contributed by atoms with Gasteiger partial charge in [-0.05, 0) is 50.7 Å². The van der Waals surface area contributed by atoms with Crippen LogP contribution in [0, 0.1) is 30.6 Å². The highest BCUT2D eigenvalue weighted by Gasteiger charge is 2.58. The molecule has 4 rings (SSSR count). The van der Waals surface area contributed by atoms with Crippen LogP contribution in [0.4, 0.5) is 0 Å². The number of aryl methyl sites for hydroxylation is 1. The topological polar surface area (TPSA) is 83.0 Å². The first kappa shape index (κ1) is 21.4. The number of rotatable bonds is 9. The Kier molecular flexibility index (Phi) is 6.59. The van der Waals surface area contributed by atoms with Crippen LogP contribution in [-0.4, -0.2) is 55.5 Å². The summed E-state index contributed by atoms with van der Waals surface area (Å²) in [7, 11) is 0. The van der Waals surface area contributed by atoms with Gasteiger partial charge in [0.1, 0.15) is 12.4 Å². The van der Waals surface area contributed by atoms with Crippen molar-refractivity contribution in [2.24, 2.45) is 28.7 Å². The van der Waals surface area contributed by atoms with Gasteiger partial charge in [-0.15, -0.1) is 0 Å². The van der Waals surface area contributed by atoms with Crippen molar-refractivity contribution < 1.29 is 14.3 Å². The van der Waals surface area contributed by atoms with Crippen LogP contribution in [0.1, 0.15) is 25.3 Å². The number of hydrogen-bond acceptors (Lipinski definition) is 4. The van der Waals surface area contributed by atoms with E-state index in [-0.39, 0.29) is 35.5 Å². The molecule has 2 fully saturated rings. The predicted octanol–water partition coefficient (Wildman–Crippen LogP) is 2.13. The van der Waals surface area contributed by atoms with Crippen LogP contribution in [0.25, 0.3) is 0 Å². The summed E-state index contributed by atoms with van der Waals surface area (Å²) < 4.78 is 5.73. The number of amides is 2. The van der Waals surface area contributed by atoms with E-state index in [1.54, 1.807) is 0 Å². The quantitative estimate of drug-likeness (QED) is 0.209. The molecule has 7 heteroatoms. The van der Waals surface area contributed by atoms with Gasteiger partial charge >= 0.3 is 0 Å². The summed E-state index contributed by atoms with van der Waals surface area (Å²) in [4.78, 5) is 31.5. The first-order valence-corrected chi connectivity index (χ1v) is 11.3. The van der Waals surface area contributed by atoms with Crippen molar-refractivity contribution in [3.8, 4) is 5.75 Å². The molecule has 1 saturated carbocycles. The van der Waals surface area contributed by atoms with E-state index in [0.29, 0.717) is 38.6 Å². The number of carbonyl (C=O) groups excluding carboxylic acids is 2. The van der Waals surface area contributed by atoms with Crippen LogP contribution in [0.15, 0.2) is 41.4 Å². The van der Waals surface area contributed by atoms with Crippen LogP contribution in [0.5, 0.6) is 5.75 Å². The van der Waals surface area contributed by atoms with Crippen molar-refractivity contribution >= 4 is 17.8 Å². The van der Waals surface area contributed by atoms with Gasteiger partial charge in [0.05, 0.1) is 18.4 Å². The first-order valence-electron chi connectivity index (χ1n) is 11.3. The predicted molar refractivity (Wildman–Crippen MR) is 120 cm³/mol. The Balaban J connectivity index is 1.20. The van der Waals surface area contributed by atoms with Crippen molar-refractivity contribution in [3.05, 3.63) is 42.0 Å². The number of nitrogens with one attached hydrogen (secondary N) is 2. The van der Waals surface area contributed by atoms with Crippen molar-refractivity contribution in [2.45, 2.75) is 26.7 Å². The lowest BCUT2D eigenvalue weighted by Crippen LogP contribution is -2.39. The highest BCUT2D eigenvalue weighted by Crippen LogP contribution is 2.52. The zero-order valence-corrected chi connectivity index (χ0v) is 18.3. The zero-order chi connectivity index (χ0) is 21.8. The lowest BCUT2D eigenvalue weighted by atomic mass is 9.85. The third-order valence-corrected chi connectivity index (χ3v) is 6.40. The molecule has 4 atom stereocenters. The third-order valence-electron chi connectivity index (χ3n) is 6.40. The first-order chi connectivity index (χ1) is 15.1. The van der Waals surface area contributed by atoms with Crippen molar-refractivity contribution in [2.75, 3.05) is 32.8 Å². The second kappa shape index (κ2) is 9.54. The van der Waals surface area contributed by atoms with Crippen molar-refractivity contribution in [1.82, 2.24) is 15.5 Å². The number of aliphatic imine (C=N–C) groups is 1. The molecule has 31 heavy (non-hydrogen) atoms. The molecule has 3 aliphatic rings. The highest BCUT2D eigenvalue weighted by molar-refractivity contribution is 6.06. The average molecular weight is 425 g/mol. The Hall–Kier alpha value is -2.83. The van der Waals surface area contributed by atoms with E-state index in [4.69, 9.17) is 4.74 Å². The normalized spacial score (nSPS) is 26.5. The van der Waals surface area contributed by atoms with Crippen LogP contribution >= 0.6 is 0 Å². The van der Waals surface area contributed by atoms with Crippen LogP contribution < -0.4 is 15.4 Å². The van der Waals surface area contributed by atoms with E-state index < -0.39 is 0 Å². The lowest BCUT2D eigenvalue weighted by Gasteiger charge is -2.17. The molecule has 0 spiro atoms. The summed E-state index contributed by atoms with van der Waals surface area (Å²) in [5, 5.41) is 6.47. The van der Waals surface area contributed by atoms with Crippen LogP contribution in [0.3, 0.4) is 0 Å². The number of carbonyl (C=O) groups is 2. The molecule has 166 valence electrons. The molecule has 1 aliphatic heterocycles. The molecule has 4 unspecified atom stereocenters. The smallest absolute Gasteiger partial charge is 0.233 e. The second-order valence-corrected chi connectivity index (χ2v) is 8.53. The summed E-state index contributed by atoms with van der Waals surface area (Å²) in [5.74, 6) is 1.92. The van der Waals surface area contributed by atoms with Crippen molar-refractivity contribution in [1.29, 1.82) is 0 Å². The average Bonchev–Trinajstić information content (AvgIpc) is 3.44. The van der Waals surface area contributed by atoms with E-state index in [1.807, 2.05) is 38.1 Å². The largest absolute Gasteiger partial charge is 0.492 e. The summed E-state index contributed by atoms with van der Waals surface area (Å²) in [6.45, 7) is 6.98. The fourth-order valence-electron chi connectivity index (χ4n) is 4.92. The summed E-state index contributed by atoms with van der Waals surface area (Å²) in [5.41, 5.74) is 1.21. The molecular weight excluding hydrogens is 392 g/mol. The number of imide groups is 1.